The maximum absolute atomic E-state index is 13.3. The first-order chi connectivity index (χ1) is 19.8. The molecule has 0 saturated heterocycles. The topological polar surface area (TPSA) is 146 Å². The summed E-state index contributed by atoms with van der Waals surface area (Å²) in [6, 6.07) is 22.0. The maximum atomic E-state index is 13.3. The summed E-state index contributed by atoms with van der Waals surface area (Å²) in [6.45, 7) is 5.81. The van der Waals surface area contributed by atoms with Gasteiger partial charge in [0.15, 0.2) is 0 Å². The Morgan fingerprint density at radius 2 is 1.31 bits per heavy atom. The third-order valence-corrected chi connectivity index (χ3v) is 10.1. The molecule has 0 radical (unpaired) electrons. The van der Waals surface area contributed by atoms with Gasteiger partial charge in [-0.15, -0.1) is 4.33 Å². The van der Waals surface area contributed by atoms with Crippen LogP contribution in [-0.2, 0) is 34.7 Å². The summed E-state index contributed by atoms with van der Waals surface area (Å²) in [5.74, 6) is 0.764. The van der Waals surface area contributed by atoms with Gasteiger partial charge in [0.2, 0.25) is 9.84 Å². The van der Waals surface area contributed by atoms with Crippen LogP contribution in [0.25, 0.3) is 0 Å². The van der Waals surface area contributed by atoms with Gasteiger partial charge in [0, 0.05) is 10.3 Å². The highest BCUT2D eigenvalue weighted by Gasteiger charge is 2.26. The first kappa shape index (κ1) is 31.5. The highest BCUT2D eigenvalue weighted by atomic mass is 32.2. The van der Waals surface area contributed by atoms with Gasteiger partial charge in [-0.05, 0) is 78.2 Å². The molecule has 222 valence electrons. The van der Waals surface area contributed by atoms with Crippen LogP contribution in [0.2, 0.25) is 0 Å². The summed E-state index contributed by atoms with van der Waals surface area (Å²) in [6.07, 6.45) is 0. The second kappa shape index (κ2) is 12.4. The molecule has 0 saturated carbocycles. The molecule has 0 spiro atoms. The van der Waals surface area contributed by atoms with Gasteiger partial charge in [-0.1, -0.05) is 49.2 Å². The van der Waals surface area contributed by atoms with Crippen molar-refractivity contribution in [2.75, 3.05) is 7.11 Å². The molecule has 42 heavy (non-hydrogen) atoms. The minimum atomic E-state index is -4.89. The first-order valence-electron chi connectivity index (χ1n) is 12.3. The van der Waals surface area contributed by atoms with Gasteiger partial charge < -0.3 is 9.47 Å². The summed E-state index contributed by atoms with van der Waals surface area (Å²) in [5.41, 5.74) is 2.28. The van der Waals surface area contributed by atoms with E-state index in [1.54, 1.807) is 26.2 Å². The predicted octanol–water partition coefficient (Wildman–Crippen LogP) is 6.63. The van der Waals surface area contributed by atoms with Gasteiger partial charge >= 0.3 is 0 Å². The van der Waals surface area contributed by atoms with E-state index >= 15 is 0 Å². The normalized spacial score (nSPS) is 12.2. The van der Waals surface area contributed by atoms with Crippen LogP contribution in [0, 0.1) is 6.92 Å². The maximum Gasteiger partial charge on any atom is 0.298 e. The van der Waals surface area contributed by atoms with E-state index in [2.05, 4.69) is 23.2 Å². The molecule has 0 aliphatic carbocycles. The van der Waals surface area contributed by atoms with E-state index in [9.17, 15) is 21.4 Å². The largest absolute Gasteiger partial charge is 0.497 e. The number of benzene rings is 4. The smallest absolute Gasteiger partial charge is 0.298 e. The molecule has 0 atom stereocenters. The number of hydrogen-bond donors (Lipinski definition) is 2. The molecule has 0 unspecified atom stereocenters. The molecule has 0 bridgehead atoms. The predicted molar refractivity (Wildman–Crippen MR) is 155 cm³/mol. The van der Waals surface area contributed by atoms with E-state index in [-0.39, 0.29) is 21.8 Å². The van der Waals surface area contributed by atoms with Crippen molar-refractivity contribution in [2.45, 2.75) is 45.8 Å². The SMILES string of the molecule is COc1ccc(C(C)(C)c2ccc(Oc3ccc(S(=O)(=O)c4ccc(C)c(SOOO)c4)cc3S(=O)(=O)O)cc2)cc1. The average Bonchev–Trinajstić information content (AvgIpc) is 2.96. The summed E-state index contributed by atoms with van der Waals surface area (Å²) < 4.78 is 76.6. The van der Waals surface area contributed by atoms with Crippen LogP contribution in [0.4, 0.5) is 0 Å². The quantitative estimate of drug-likeness (QED) is 0.0795. The van der Waals surface area contributed by atoms with Crippen molar-refractivity contribution in [2.24, 2.45) is 0 Å². The fourth-order valence-electron chi connectivity index (χ4n) is 4.21. The minimum absolute atomic E-state index is 0.179. The third-order valence-electron chi connectivity index (χ3n) is 6.74. The number of rotatable bonds is 11. The zero-order valence-electron chi connectivity index (χ0n) is 23.0. The molecule has 0 heterocycles. The fourth-order valence-corrected chi connectivity index (χ4v) is 6.79. The van der Waals surface area contributed by atoms with Crippen molar-refractivity contribution in [3.63, 3.8) is 0 Å². The average molecular weight is 633 g/mol. The minimum Gasteiger partial charge on any atom is -0.497 e. The van der Waals surface area contributed by atoms with Gasteiger partial charge in [-0.2, -0.15) is 8.42 Å². The molecule has 0 aliphatic rings. The van der Waals surface area contributed by atoms with Crippen LogP contribution in [-0.4, -0.2) is 33.8 Å². The van der Waals surface area contributed by atoms with Gasteiger partial charge in [0.1, 0.15) is 22.1 Å². The third kappa shape index (κ3) is 6.79. The molecular weight excluding hydrogens is 605 g/mol. The Morgan fingerprint density at radius 3 is 1.86 bits per heavy atom. The zero-order valence-corrected chi connectivity index (χ0v) is 25.4. The van der Waals surface area contributed by atoms with Crippen LogP contribution < -0.4 is 9.47 Å². The summed E-state index contributed by atoms with van der Waals surface area (Å²) in [7, 11) is -7.52. The Bertz CT molecular complexity index is 1780. The van der Waals surface area contributed by atoms with Crippen molar-refractivity contribution < 1.29 is 45.5 Å². The number of aryl methyl sites for hydroxylation is 1. The molecule has 0 aromatic heterocycles. The number of ether oxygens (including phenoxy) is 2. The number of sulfone groups is 1. The van der Waals surface area contributed by atoms with Crippen LogP contribution in [0.3, 0.4) is 0 Å². The summed E-state index contributed by atoms with van der Waals surface area (Å²) in [5, 5.41) is 12.0. The van der Waals surface area contributed by atoms with E-state index in [0.29, 0.717) is 22.5 Å². The van der Waals surface area contributed by atoms with Gasteiger partial charge in [-0.25, -0.2) is 13.7 Å². The standard InChI is InChI=1S/C29H28O10S3/c1-19-5-14-24(17-27(19)40-39-38-30)41(31,32)25-15-16-26(28(18-25)42(33,34)35)37-23-12-8-21(9-13-23)29(2,3)20-6-10-22(36-4)11-7-20/h5-18,30H,1-4H3,(H,33,34,35). The molecular formula is C29H28O10S3. The second-order valence-corrected chi connectivity index (χ2v) is 13.8. The molecule has 2 N–H and O–H groups in total. The molecule has 0 amide bonds. The highest BCUT2D eigenvalue weighted by Crippen LogP contribution is 2.37. The molecule has 4 aromatic carbocycles. The highest BCUT2D eigenvalue weighted by molar-refractivity contribution is 7.94. The molecule has 4 aromatic rings. The van der Waals surface area contributed by atoms with Crippen molar-refractivity contribution in [1.82, 2.24) is 0 Å². The Balaban J connectivity index is 1.64. The van der Waals surface area contributed by atoms with Crippen LogP contribution in [0.1, 0.15) is 30.5 Å². The van der Waals surface area contributed by atoms with Crippen LogP contribution in [0.5, 0.6) is 17.2 Å². The van der Waals surface area contributed by atoms with E-state index in [1.165, 1.54) is 24.3 Å². The fraction of sp³-hybridized carbons (Fsp3) is 0.172. The molecule has 13 heteroatoms. The molecule has 0 aliphatic heterocycles. The molecule has 4 rings (SSSR count). The first-order valence-corrected chi connectivity index (χ1v) is 16.0. The summed E-state index contributed by atoms with van der Waals surface area (Å²) >= 11 is 0.588. The van der Waals surface area contributed by atoms with Crippen molar-refractivity contribution >= 4 is 32.0 Å². The zero-order chi connectivity index (χ0) is 30.7. The second-order valence-electron chi connectivity index (χ2n) is 9.72. The number of hydrogen-bond acceptors (Lipinski definition) is 10. The van der Waals surface area contributed by atoms with Crippen LogP contribution in [0.15, 0.2) is 105 Å². The van der Waals surface area contributed by atoms with E-state index < -0.39 is 29.7 Å². The van der Waals surface area contributed by atoms with Crippen molar-refractivity contribution in [3.05, 3.63) is 102 Å². The van der Waals surface area contributed by atoms with E-state index in [4.69, 9.17) is 14.7 Å². The Kier molecular flexibility index (Phi) is 9.33. The lowest BCUT2D eigenvalue weighted by Gasteiger charge is -2.26. The Hall–Kier alpha value is -3.43. The van der Waals surface area contributed by atoms with Gasteiger partial charge in [0.25, 0.3) is 10.1 Å². The Morgan fingerprint density at radius 1 is 0.762 bits per heavy atom. The number of methoxy groups -OCH3 is 1. The summed E-state index contributed by atoms with van der Waals surface area (Å²) in [4.78, 5) is -0.955. The van der Waals surface area contributed by atoms with Crippen molar-refractivity contribution in [1.29, 1.82) is 0 Å². The molecule has 10 nitrogen and oxygen atoms in total. The van der Waals surface area contributed by atoms with Gasteiger partial charge in [0.05, 0.1) is 28.9 Å². The lowest BCUT2D eigenvalue weighted by molar-refractivity contribution is -0.432. The van der Waals surface area contributed by atoms with Gasteiger partial charge in [-0.3, -0.25) is 4.55 Å². The van der Waals surface area contributed by atoms with Crippen LogP contribution >= 0.6 is 12.0 Å². The lowest BCUT2D eigenvalue weighted by atomic mass is 9.78. The lowest BCUT2D eigenvalue weighted by Crippen LogP contribution is -2.18. The van der Waals surface area contributed by atoms with E-state index in [1.807, 2.05) is 36.4 Å². The Labute approximate surface area is 248 Å². The van der Waals surface area contributed by atoms with E-state index in [0.717, 1.165) is 29.0 Å². The molecule has 0 fully saturated rings. The monoisotopic (exact) mass is 632 g/mol. The van der Waals surface area contributed by atoms with Crippen molar-refractivity contribution in [3.8, 4) is 17.2 Å².